The van der Waals surface area contributed by atoms with E-state index in [0.29, 0.717) is 0 Å². The smallest absolute Gasteiger partial charge is 0.146 e. The van der Waals surface area contributed by atoms with Crippen molar-refractivity contribution < 1.29 is 4.79 Å². The van der Waals surface area contributed by atoms with Gasteiger partial charge in [0.2, 0.25) is 0 Å². The maximum absolute atomic E-state index is 10.8. The van der Waals surface area contributed by atoms with E-state index in [1.807, 2.05) is 7.05 Å². The molecule has 0 amide bonds. The molecule has 0 heterocycles. The van der Waals surface area contributed by atoms with Crippen LogP contribution in [0.3, 0.4) is 0 Å². The summed E-state index contributed by atoms with van der Waals surface area (Å²) in [6, 6.07) is 0.0763. The molecule has 0 aromatic carbocycles. The number of carbonyl (C=O) groups is 1. The van der Waals surface area contributed by atoms with Crippen LogP contribution in [0.25, 0.3) is 0 Å². The fourth-order valence-corrected chi connectivity index (χ4v) is 1.33. The average Bonchev–Trinajstić information content (AvgIpc) is 1.89. The molecule has 0 rings (SSSR count). The fourth-order valence-electron chi connectivity index (χ4n) is 0.809. The molecule has 0 bridgehead atoms. The monoisotopic (exact) mass is 162 g/mol. The number of carbonyl (C=O) groups excluding carboxylic acids is 1. The van der Waals surface area contributed by atoms with Crippen LogP contribution in [-0.2, 0) is 16.6 Å². The highest BCUT2D eigenvalue weighted by Crippen LogP contribution is 1.92. The van der Waals surface area contributed by atoms with Gasteiger partial charge in [-0.05, 0) is 25.7 Å². The van der Waals surface area contributed by atoms with Gasteiger partial charge in [-0.25, -0.2) is 0 Å². The van der Waals surface area contributed by atoms with E-state index < -0.39 is 0 Å². The molecule has 0 aliphatic heterocycles. The largest absolute Gasteiger partial charge is 0.310 e. The lowest BCUT2D eigenvalue weighted by atomic mass is 10.1. The van der Waals surface area contributed by atoms with E-state index in [0.717, 1.165) is 12.2 Å². The number of rotatable bonds is 5. The van der Waals surface area contributed by atoms with E-state index in [2.05, 4.69) is 11.6 Å². The van der Waals surface area contributed by atoms with Gasteiger partial charge in [-0.3, -0.25) is 4.79 Å². The molecule has 10 heavy (non-hydrogen) atoms. The second-order valence-corrected chi connectivity index (χ2v) is 3.36. The Morgan fingerprint density at radius 2 is 2.30 bits per heavy atom. The van der Waals surface area contributed by atoms with Crippen molar-refractivity contribution in [1.29, 1.82) is 0 Å². The predicted octanol–water partition coefficient (Wildman–Crippen LogP) is -0.00180. The molecule has 0 saturated heterocycles. The second kappa shape index (κ2) is 5.74. The van der Waals surface area contributed by atoms with E-state index >= 15 is 0 Å². The zero-order valence-electron chi connectivity index (χ0n) is 6.85. The molecule has 0 spiro atoms. The number of Topliss-reactive ketones (excluding diaryl/α,β-unsaturated/α-hetero) is 1. The van der Waals surface area contributed by atoms with Gasteiger partial charge in [-0.2, -0.15) is 0 Å². The average molecular weight is 162 g/mol. The minimum atomic E-state index is 0.0763. The molecule has 0 radical (unpaired) electrons. The van der Waals surface area contributed by atoms with Crippen molar-refractivity contribution in [3.63, 3.8) is 0 Å². The molecule has 60 valence electrons. The third kappa shape index (κ3) is 3.90. The Kier molecular flexibility index (Phi) is 5.73. The van der Waals surface area contributed by atoms with Crippen LogP contribution in [0.2, 0.25) is 0 Å². The van der Waals surface area contributed by atoms with E-state index in [9.17, 15) is 4.79 Å². The van der Waals surface area contributed by atoms with Crippen LogP contribution < -0.4 is 5.32 Å². The van der Waals surface area contributed by atoms with Gasteiger partial charge in [0, 0.05) is 6.42 Å². The molecule has 0 saturated carbocycles. The fraction of sp³-hybridized carbons (Fsp3) is 0.857. The Bertz CT molecular complexity index is 106. The van der Waals surface area contributed by atoms with Gasteiger partial charge < -0.3 is 5.32 Å². The van der Waals surface area contributed by atoms with Crippen LogP contribution in [0, 0.1) is 0 Å². The molecule has 1 atom stereocenters. The molecule has 2 nitrogen and oxygen atoms in total. The standard InChI is InChI=1S/C7H15NOS/c1-6(9)7(8-2)4-5-10-3/h7-8H,4-5H2,1-3H3/p+1. The number of ketones is 1. The minimum Gasteiger partial charge on any atom is -0.310 e. The first-order valence-electron chi connectivity index (χ1n) is 3.45. The molecule has 0 fully saturated rings. The maximum atomic E-state index is 10.8. The van der Waals surface area contributed by atoms with Crippen LogP contribution in [0.1, 0.15) is 13.3 Å². The van der Waals surface area contributed by atoms with Gasteiger partial charge in [0.15, 0.2) is 0 Å². The SMILES string of the molecule is CNC(CC[SH+]C)C(C)=O. The first kappa shape index (κ1) is 9.98. The Balaban J connectivity index is 3.50. The van der Waals surface area contributed by atoms with Gasteiger partial charge in [0.05, 0.1) is 12.3 Å². The quantitative estimate of drug-likeness (QED) is 0.455. The summed E-state index contributed by atoms with van der Waals surface area (Å²) in [5, 5.41) is 2.98. The summed E-state index contributed by atoms with van der Waals surface area (Å²) in [6.07, 6.45) is 3.07. The summed E-state index contributed by atoms with van der Waals surface area (Å²) in [5.41, 5.74) is 0. The third-order valence-electron chi connectivity index (χ3n) is 1.48. The van der Waals surface area contributed by atoms with Crippen LogP contribution in [0.4, 0.5) is 0 Å². The molecule has 1 unspecified atom stereocenters. The zero-order chi connectivity index (χ0) is 7.98. The highest BCUT2D eigenvalue weighted by atomic mass is 32.2. The lowest BCUT2D eigenvalue weighted by Crippen LogP contribution is -2.33. The predicted molar refractivity (Wildman–Crippen MR) is 47.7 cm³/mol. The summed E-state index contributed by atoms with van der Waals surface area (Å²) < 4.78 is 0. The van der Waals surface area contributed by atoms with Gasteiger partial charge >= 0.3 is 0 Å². The zero-order valence-corrected chi connectivity index (χ0v) is 7.74. The summed E-state index contributed by atoms with van der Waals surface area (Å²) in [7, 11) is 1.83. The summed E-state index contributed by atoms with van der Waals surface area (Å²) >= 11 is 1.36. The molecule has 0 aromatic heterocycles. The van der Waals surface area contributed by atoms with Crippen molar-refractivity contribution in [3.8, 4) is 0 Å². The molecule has 1 N–H and O–H groups in total. The Labute approximate surface area is 66.8 Å². The Morgan fingerprint density at radius 3 is 2.60 bits per heavy atom. The first-order chi connectivity index (χ1) is 4.72. The Hall–Kier alpha value is -0.0200. The molecular formula is C7H16NOS+. The normalized spacial score (nSPS) is 13.1. The van der Waals surface area contributed by atoms with Crippen LogP contribution in [-0.4, -0.2) is 30.9 Å². The second-order valence-electron chi connectivity index (χ2n) is 2.28. The first-order valence-corrected chi connectivity index (χ1v) is 4.98. The van der Waals surface area contributed by atoms with Crippen molar-refractivity contribution in [3.05, 3.63) is 0 Å². The topological polar surface area (TPSA) is 29.1 Å². The lowest BCUT2D eigenvalue weighted by Gasteiger charge is -2.08. The van der Waals surface area contributed by atoms with Crippen LogP contribution >= 0.6 is 0 Å². The summed E-state index contributed by atoms with van der Waals surface area (Å²) in [4.78, 5) is 10.8. The van der Waals surface area contributed by atoms with Crippen molar-refractivity contribution in [1.82, 2.24) is 5.32 Å². The van der Waals surface area contributed by atoms with Crippen LogP contribution in [0.5, 0.6) is 0 Å². The summed E-state index contributed by atoms with van der Waals surface area (Å²) in [6.45, 7) is 1.63. The van der Waals surface area contributed by atoms with Crippen molar-refractivity contribution in [2.75, 3.05) is 19.1 Å². The van der Waals surface area contributed by atoms with Gasteiger partial charge in [0.25, 0.3) is 0 Å². The van der Waals surface area contributed by atoms with Gasteiger partial charge in [-0.15, -0.1) is 0 Å². The molecule has 3 heteroatoms. The third-order valence-corrected chi connectivity index (χ3v) is 2.19. The van der Waals surface area contributed by atoms with E-state index in [-0.39, 0.29) is 11.8 Å². The van der Waals surface area contributed by atoms with E-state index in [1.165, 1.54) is 11.8 Å². The number of nitrogens with one attached hydrogen (secondary N) is 1. The molecule has 0 aliphatic carbocycles. The highest BCUT2D eigenvalue weighted by molar-refractivity contribution is 7.77. The number of thiol groups is 1. The number of hydrogen-bond donors (Lipinski definition) is 1. The van der Waals surface area contributed by atoms with E-state index in [1.54, 1.807) is 6.92 Å². The maximum Gasteiger partial charge on any atom is 0.146 e. The van der Waals surface area contributed by atoms with Crippen molar-refractivity contribution in [2.24, 2.45) is 0 Å². The van der Waals surface area contributed by atoms with E-state index in [4.69, 9.17) is 0 Å². The van der Waals surface area contributed by atoms with Gasteiger partial charge in [0.1, 0.15) is 11.5 Å². The summed E-state index contributed by atoms with van der Waals surface area (Å²) in [5.74, 6) is 1.34. The molecule has 0 aliphatic rings. The van der Waals surface area contributed by atoms with Crippen molar-refractivity contribution >= 4 is 17.5 Å². The van der Waals surface area contributed by atoms with Gasteiger partial charge in [-0.1, -0.05) is 0 Å². The Morgan fingerprint density at radius 1 is 1.70 bits per heavy atom. The molecule has 0 aromatic rings. The highest BCUT2D eigenvalue weighted by Gasteiger charge is 2.11. The molecular weight excluding hydrogens is 146 g/mol. The van der Waals surface area contributed by atoms with Crippen molar-refractivity contribution in [2.45, 2.75) is 19.4 Å². The lowest BCUT2D eigenvalue weighted by molar-refractivity contribution is -0.118. The van der Waals surface area contributed by atoms with Crippen LogP contribution in [0.15, 0.2) is 0 Å². The number of hydrogen-bond acceptors (Lipinski definition) is 2. The number of likely N-dealkylation sites (N-methyl/N-ethyl adjacent to an activating group) is 1. The minimum absolute atomic E-state index is 0.0763.